The summed E-state index contributed by atoms with van der Waals surface area (Å²) in [6.45, 7) is 7.74. The molecule has 0 aliphatic heterocycles. The molecule has 37 heavy (non-hydrogen) atoms. The molecule has 0 aromatic carbocycles. The standard InChI is InChI=1S/C22H40N4O10S/c23-22(27)1-3-29-5-7-31-9-10-32-8-6-30-4-2-26-19-21(24-25-26)20-36-16-15-34-12-11-33-13-14-35-17-18-37-28/h19H,1-18,20H2,(H-,23,27)/p+1. The van der Waals surface area contributed by atoms with Gasteiger partial charge in [0.2, 0.25) is 5.91 Å². The Labute approximate surface area is 221 Å². The molecular formula is C22H41N4O10S+. The highest BCUT2D eigenvalue weighted by molar-refractivity contribution is 7.65. The van der Waals surface area contributed by atoms with E-state index < -0.39 is 0 Å². The van der Waals surface area contributed by atoms with E-state index in [9.17, 15) is 9.00 Å². The van der Waals surface area contributed by atoms with Crippen molar-refractivity contribution in [2.24, 2.45) is 5.73 Å². The van der Waals surface area contributed by atoms with Crippen molar-refractivity contribution in [3.05, 3.63) is 11.9 Å². The van der Waals surface area contributed by atoms with E-state index in [0.29, 0.717) is 130 Å². The van der Waals surface area contributed by atoms with E-state index in [2.05, 4.69) is 10.3 Å². The number of primary amides is 1. The third kappa shape index (κ3) is 23.2. The molecule has 0 fully saturated rings. The summed E-state index contributed by atoms with van der Waals surface area (Å²) in [5.41, 5.74) is 5.75. The zero-order chi connectivity index (χ0) is 26.7. The van der Waals surface area contributed by atoms with Gasteiger partial charge in [-0.3, -0.25) is 4.79 Å². The molecule has 0 bridgehead atoms. The largest absolute Gasteiger partial charge is 0.461 e. The van der Waals surface area contributed by atoms with Crippen LogP contribution in [-0.2, 0) is 71.7 Å². The van der Waals surface area contributed by atoms with Gasteiger partial charge in [-0.2, -0.15) is 0 Å². The van der Waals surface area contributed by atoms with Gasteiger partial charge in [-0.15, -0.1) is 5.10 Å². The van der Waals surface area contributed by atoms with Gasteiger partial charge in [-0.1, -0.05) is 5.21 Å². The Kier molecular flexibility index (Phi) is 23.4. The number of nitrogens with zero attached hydrogens (tertiary/aromatic N) is 3. The van der Waals surface area contributed by atoms with Crippen LogP contribution in [-0.4, -0.2) is 126 Å². The van der Waals surface area contributed by atoms with Crippen LogP contribution in [0.5, 0.6) is 0 Å². The number of nitrogens with two attached hydrogens (primary N) is 1. The molecule has 0 aliphatic rings. The zero-order valence-corrected chi connectivity index (χ0v) is 22.2. The predicted octanol–water partition coefficient (Wildman–Crippen LogP) is -0.786. The van der Waals surface area contributed by atoms with Gasteiger partial charge in [0.25, 0.3) is 5.75 Å². The van der Waals surface area contributed by atoms with E-state index in [-0.39, 0.29) is 12.3 Å². The van der Waals surface area contributed by atoms with Crippen molar-refractivity contribution >= 4 is 17.6 Å². The van der Waals surface area contributed by atoms with Gasteiger partial charge in [0, 0.05) is 10.6 Å². The lowest BCUT2D eigenvalue weighted by molar-refractivity contribution is -0.119. The normalized spacial score (nSPS) is 11.2. The minimum Gasteiger partial charge on any atom is -0.379 e. The molecule has 0 saturated carbocycles. The highest BCUT2D eigenvalue weighted by Crippen LogP contribution is 1.97. The van der Waals surface area contributed by atoms with Crippen LogP contribution in [0.25, 0.3) is 0 Å². The Morgan fingerprint density at radius 2 is 1.16 bits per heavy atom. The number of hydrogen-bond donors (Lipinski definition) is 1. The average Bonchev–Trinajstić information content (AvgIpc) is 3.34. The third-order valence-corrected chi connectivity index (χ3v) is 4.67. The Morgan fingerprint density at radius 1 is 0.703 bits per heavy atom. The first kappa shape index (κ1) is 33.3. The second-order valence-corrected chi connectivity index (χ2v) is 7.99. The lowest BCUT2D eigenvalue weighted by atomic mass is 10.4. The van der Waals surface area contributed by atoms with Crippen LogP contribution < -0.4 is 5.73 Å². The van der Waals surface area contributed by atoms with Gasteiger partial charge in [-0.05, 0) is 0 Å². The molecule has 1 amide bonds. The Morgan fingerprint density at radius 3 is 1.68 bits per heavy atom. The summed E-state index contributed by atoms with van der Waals surface area (Å²) in [6, 6.07) is 0. The third-order valence-electron chi connectivity index (χ3n) is 4.34. The quantitative estimate of drug-likeness (QED) is 0.0973. The molecule has 0 unspecified atom stereocenters. The van der Waals surface area contributed by atoms with Crippen molar-refractivity contribution in [2.45, 2.75) is 19.6 Å². The molecule has 0 atom stereocenters. The summed E-state index contributed by atoms with van der Waals surface area (Å²) < 4.78 is 54.9. The number of amides is 1. The van der Waals surface area contributed by atoms with Crippen LogP contribution in [0.15, 0.2) is 6.20 Å². The molecule has 0 radical (unpaired) electrons. The van der Waals surface area contributed by atoms with Crippen LogP contribution in [0.3, 0.4) is 0 Å². The van der Waals surface area contributed by atoms with Crippen LogP contribution in [0.2, 0.25) is 0 Å². The first-order valence-electron chi connectivity index (χ1n) is 12.3. The van der Waals surface area contributed by atoms with Crippen molar-refractivity contribution in [1.29, 1.82) is 0 Å². The van der Waals surface area contributed by atoms with Crippen LogP contribution >= 0.6 is 0 Å². The summed E-state index contributed by atoms with van der Waals surface area (Å²) >= 11 is 0.515. The first-order chi connectivity index (χ1) is 18.2. The van der Waals surface area contributed by atoms with Crippen LogP contribution in [0.1, 0.15) is 12.1 Å². The molecule has 1 aromatic rings. The Hall–Kier alpha value is -1.69. The number of carbonyl (C=O) groups excluding carboxylic acids is 1. The van der Waals surface area contributed by atoms with Crippen LogP contribution in [0, 0.1) is 0 Å². The number of carbonyl (C=O) groups is 1. The highest BCUT2D eigenvalue weighted by Gasteiger charge is 2.02. The topological polar surface area (TPSA) is 165 Å². The zero-order valence-electron chi connectivity index (χ0n) is 21.4. The monoisotopic (exact) mass is 553 g/mol. The summed E-state index contributed by atoms with van der Waals surface area (Å²) in [4.78, 5) is 10.5. The molecule has 214 valence electrons. The highest BCUT2D eigenvalue weighted by atomic mass is 32.1. The smallest absolute Gasteiger partial charge is 0.379 e. The number of hydrogen-bond acceptors (Lipinski definition) is 12. The molecule has 1 aromatic heterocycles. The number of rotatable bonds is 29. The van der Waals surface area contributed by atoms with Gasteiger partial charge < -0.3 is 43.6 Å². The van der Waals surface area contributed by atoms with Gasteiger partial charge in [-0.25, -0.2) is 4.68 Å². The molecule has 1 rings (SSSR count). The summed E-state index contributed by atoms with van der Waals surface area (Å²) in [7, 11) is 0. The average molecular weight is 554 g/mol. The maximum absolute atomic E-state index is 10.5. The van der Waals surface area contributed by atoms with E-state index in [0.717, 1.165) is 5.69 Å². The van der Waals surface area contributed by atoms with E-state index in [4.69, 9.17) is 43.6 Å². The number of aromatic nitrogens is 3. The fourth-order valence-corrected chi connectivity index (χ4v) is 2.72. The molecule has 0 saturated heterocycles. The van der Waals surface area contributed by atoms with E-state index in [1.54, 1.807) is 4.68 Å². The lowest BCUT2D eigenvalue weighted by Gasteiger charge is -2.07. The van der Waals surface area contributed by atoms with Crippen molar-refractivity contribution in [3.8, 4) is 0 Å². The fraction of sp³-hybridized carbons (Fsp3) is 0.864. The first-order valence-corrected chi connectivity index (χ1v) is 13.2. The summed E-state index contributed by atoms with van der Waals surface area (Å²) in [5, 5.41) is 8.12. The van der Waals surface area contributed by atoms with Gasteiger partial charge in [0.15, 0.2) is 0 Å². The second kappa shape index (κ2) is 25.9. The summed E-state index contributed by atoms with van der Waals surface area (Å²) in [6.07, 6.45) is 2.04. The Balaban J connectivity index is 1.82. The molecule has 14 nitrogen and oxygen atoms in total. The van der Waals surface area contributed by atoms with E-state index in [1.165, 1.54) is 0 Å². The van der Waals surface area contributed by atoms with E-state index in [1.807, 2.05) is 6.20 Å². The SMILES string of the molecule is NC(=O)CCOCCOCCOCCOCCn1cc(COCCOCCOCCOCC[S+]=O)nn1. The van der Waals surface area contributed by atoms with Crippen LogP contribution in [0.4, 0.5) is 0 Å². The molecule has 0 aliphatic carbocycles. The van der Waals surface area contributed by atoms with Crippen molar-refractivity contribution in [3.63, 3.8) is 0 Å². The van der Waals surface area contributed by atoms with Crippen molar-refractivity contribution in [1.82, 2.24) is 15.0 Å². The van der Waals surface area contributed by atoms with Crippen molar-refractivity contribution < 1.29 is 46.9 Å². The minimum atomic E-state index is -0.378. The molecular weight excluding hydrogens is 512 g/mol. The molecule has 15 heteroatoms. The van der Waals surface area contributed by atoms with Gasteiger partial charge >= 0.3 is 11.7 Å². The van der Waals surface area contributed by atoms with Gasteiger partial charge in [0.1, 0.15) is 12.3 Å². The maximum atomic E-state index is 10.5. The lowest BCUT2D eigenvalue weighted by Crippen LogP contribution is -2.16. The second-order valence-electron chi connectivity index (χ2n) is 7.35. The molecule has 0 spiro atoms. The Bertz CT molecular complexity index is 671. The number of ether oxygens (including phenoxy) is 8. The van der Waals surface area contributed by atoms with Gasteiger partial charge in [0.05, 0.1) is 112 Å². The fourth-order valence-electron chi connectivity index (χ4n) is 2.54. The molecule has 1 heterocycles. The predicted molar refractivity (Wildman–Crippen MR) is 132 cm³/mol. The van der Waals surface area contributed by atoms with Crippen molar-refractivity contribution in [2.75, 3.05) is 105 Å². The van der Waals surface area contributed by atoms with E-state index >= 15 is 0 Å². The molecule has 2 N–H and O–H groups in total. The maximum Gasteiger partial charge on any atom is 0.461 e. The minimum absolute atomic E-state index is 0.216. The summed E-state index contributed by atoms with van der Waals surface area (Å²) in [5.74, 6) is 0.0707.